The number of hydrogen-bond donors (Lipinski definition) is 0. The first-order valence-corrected chi connectivity index (χ1v) is 6.70. The molecule has 2 aliphatic heterocycles. The van der Waals surface area contributed by atoms with Gasteiger partial charge in [0.2, 0.25) is 17.7 Å². The third-order valence-corrected chi connectivity index (χ3v) is 3.60. The Morgan fingerprint density at radius 2 is 1.42 bits per heavy atom. The van der Waals surface area contributed by atoms with Gasteiger partial charge in [-0.2, -0.15) is 0 Å². The minimum Gasteiger partial charge on any atom is -0.340 e. The Hall–Kier alpha value is -1.72. The summed E-state index contributed by atoms with van der Waals surface area (Å²) in [7, 11) is 0. The molecule has 0 radical (unpaired) electrons. The van der Waals surface area contributed by atoms with E-state index in [4.69, 9.17) is 0 Å². The maximum atomic E-state index is 12.0. The van der Waals surface area contributed by atoms with Crippen LogP contribution in [-0.2, 0) is 19.2 Å². The Morgan fingerprint density at radius 1 is 0.895 bits per heavy atom. The van der Waals surface area contributed by atoms with Crippen LogP contribution < -0.4 is 0 Å². The summed E-state index contributed by atoms with van der Waals surface area (Å²) in [5.41, 5.74) is 0. The molecule has 0 saturated carbocycles. The van der Waals surface area contributed by atoms with Crippen LogP contribution in [0.3, 0.4) is 0 Å². The average Bonchev–Trinajstić information content (AvgIpc) is 2.54. The number of ketones is 1. The topological polar surface area (TPSA) is 74.8 Å². The summed E-state index contributed by atoms with van der Waals surface area (Å²) in [6.45, 7) is 0.619. The quantitative estimate of drug-likeness (QED) is 0.665. The summed E-state index contributed by atoms with van der Waals surface area (Å²) in [6.07, 6.45) is 2.80. The van der Waals surface area contributed by atoms with Gasteiger partial charge in [0.05, 0.1) is 0 Å². The molecule has 2 aliphatic rings. The van der Waals surface area contributed by atoms with Gasteiger partial charge in [0.25, 0.3) is 0 Å². The monoisotopic (exact) mass is 266 g/mol. The molecule has 6 nitrogen and oxygen atoms in total. The van der Waals surface area contributed by atoms with E-state index in [0.717, 1.165) is 4.90 Å². The zero-order valence-electron chi connectivity index (χ0n) is 10.9. The number of imide groups is 1. The lowest BCUT2D eigenvalue weighted by Crippen LogP contribution is -2.47. The number of carbonyl (C=O) groups excluding carboxylic acids is 4. The van der Waals surface area contributed by atoms with Crippen LogP contribution in [0, 0.1) is 0 Å². The van der Waals surface area contributed by atoms with Crippen LogP contribution in [-0.4, -0.2) is 52.9 Å². The van der Waals surface area contributed by atoms with Crippen LogP contribution >= 0.6 is 0 Å². The summed E-state index contributed by atoms with van der Waals surface area (Å²) in [5.74, 6) is -0.602. The van der Waals surface area contributed by atoms with Gasteiger partial charge in [-0.15, -0.1) is 0 Å². The number of Topliss-reactive ketones (excluding diaryl/α,β-unsaturated/α-hetero) is 1. The highest BCUT2D eigenvalue weighted by Gasteiger charge is 2.29. The van der Waals surface area contributed by atoms with Crippen molar-refractivity contribution in [3.8, 4) is 0 Å². The second-order valence-corrected chi connectivity index (χ2v) is 5.00. The Morgan fingerprint density at radius 3 is 1.95 bits per heavy atom. The number of likely N-dealkylation sites (tertiary alicyclic amines) is 2. The molecule has 0 unspecified atom stereocenters. The fraction of sp³-hybridized carbons (Fsp3) is 0.692. The van der Waals surface area contributed by atoms with Crippen molar-refractivity contribution < 1.29 is 19.2 Å². The van der Waals surface area contributed by atoms with Gasteiger partial charge in [0.1, 0.15) is 12.3 Å². The molecule has 104 valence electrons. The third kappa shape index (κ3) is 3.39. The minimum absolute atomic E-state index is 0.158. The molecule has 0 aromatic rings. The molecule has 0 aromatic heterocycles. The van der Waals surface area contributed by atoms with Crippen LogP contribution in [0.4, 0.5) is 0 Å². The minimum atomic E-state index is -0.260. The molecule has 3 amide bonds. The first kappa shape index (κ1) is 13.7. The van der Waals surface area contributed by atoms with Gasteiger partial charge in [-0.05, 0) is 12.8 Å². The standard InChI is InChI=1S/C13H18N2O4/c16-10-5-7-14(8-6-10)13(19)9-15-11(17)3-1-2-4-12(15)18/h1-9H2. The van der Waals surface area contributed by atoms with E-state index in [1.165, 1.54) is 0 Å². The number of amides is 3. The predicted molar refractivity (Wildman–Crippen MR) is 66.0 cm³/mol. The maximum absolute atomic E-state index is 12.0. The van der Waals surface area contributed by atoms with E-state index in [0.29, 0.717) is 51.6 Å². The van der Waals surface area contributed by atoms with Crippen LogP contribution in [0.2, 0.25) is 0 Å². The third-order valence-electron chi connectivity index (χ3n) is 3.60. The Labute approximate surface area is 111 Å². The smallest absolute Gasteiger partial charge is 0.242 e. The van der Waals surface area contributed by atoms with Crippen molar-refractivity contribution in [1.82, 2.24) is 9.80 Å². The Kier molecular flexibility index (Phi) is 4.29. The maximum Gasteiger partial charge on any atom is 0.242 e. The van der Waals surface area contributed by atoms with Crippen LogP contribution in [0.1, 0.15) is 38.5 Å². The van der Waals surface area contributed by atoms with Crippen molar-refractivity contribution in [3.63, 3.8) is 0 Å². The van der Waals surface area contributed by atoms with Crippen LogP contribution in [0.5, 0.6) is 0 Å². The zero-order chi connectivity index (χ0) is 13.8. The second kappa shape index (κ2) is 5.95. The summed E-state index contributed by atoms with van der Waals surface area (Å²) in [5, 5.41) is 0. The van der Waals surface area contributed by atoms with Gasteiger partial charge in [-0.1, -0.05) is 0 Å². The molecule has 2 heterocycles. The second-order valence-electron chi connectivity index (χ2n) is 5.00. The lowest BCUT2D eigenvalue weighted by Gasteiger charge is -2.28. The molecule has 0 bridgehead atoms. The van der Waals surface area contributed by atoms with Crippen molar-refractivity contribution in [1.29, 1.82) is 0 Å². The van der Waals surface area contributed by atoms with E-state index in [-0.39, 0.29) is 30.0 Å². The highest BCUT2D eigenvalue weighted by molar-refractivity contribution is 5.99. The first-order valence-electron chi connectivity index (χ1n) is 6.70. The molecule has 0 N–H and O–H groups in total. The summed E-state index contributed by atoms with van der Waals surface area (Å²) < 4.78 is 0. The molecule has 0 spiro atoms. The van der Waals surface area contributed by atoms with Crippen molar-refractivity contribution in [3.05, 3.63) is 0 Å². The Balaban J connectivity index is 1.94. The summed E-state index contributed by atoms with van der Waals surface area (Å²) >= 11 is 0. The van der Waals surface area contributed by atoms with Gasteiger partial charge in [0, 0.05) is 38.8 Å². The Bertz CT molecular complexity index is 391. The first-order chi connectivity index (χ1) is 9.08. The molecule has 0 aliphatic carbocycles. The van der Waals surface area contributed by atoms with Gasteiger partial charge < -0.3 is 4.90 Å². The normalized spacial score (nSPS) is 21.6. The van der Waals surface area contributed by atoms with Crippen LogP contribution in [0.15, 0.2) is 0 Å². The van der Waals surface area contributed by atoms with Gasteiger partial charge >= 0.3 is 0 Å². The van der Waals surface area contributed by atoms with E-state index in [1.807, 2.05) is 0 Å². The number of hydrogen-bond acceptors (Lipinski definition) is 4. The van der Waals surface area contributed by atoms with Crippen molar-refractivity contribution in [2.45, 2.75) is 38.5 Å². The lowest BCUT2D eigenvalue weighted by atomic mass is 10.1. The molecule has 19 heavy (non-hydrogen) atoms. The zero-order valence-corrected chi connectivity index (χ0v) is 10.9. The van der Waals surface area contributed by atoms with E-state index in [9.17, 15) is 19.2 Å². The highest BCUT2D eigenvalue weighted by Crippen LogP contribution is 2.13. The van der Waals surface area contributed by atoms with E-state index in [1.54, 1.807) is 4.90 Å². The SMILES string of the molecule is O=C1CCN(C(=O)CN2C(=O)CCCCC2=O)CC1. The summed E-state index contributed by atoms with van der Waals surface area (Å²) in [4.78, 5) is 49.3. The molecule has 2 fully saturated rings. The largest absolute Gasteiger partial charge is 0.340 e. The number of rotatable bonds is 2. The molecular weight excluding hydrogens is 248 g/mol. The molecule has 0 atom stereocenters. The van der Waals surface area contributed by atoms with E-state index in [2.05, 4.69) is 0 Å². The average molecular weight is 266 g/mol. The number of nitrogens with zero attached hydrogens (tertiary/aromatic N) is 2. The predicted octanol–water partition coefficient (Wildman–Crippen LogP) is 0.107. The van der Waals surface area contributed by atoms with E-state index >= 15 is 0 Å². The fourth-order valence-electron chi connectivity index (χ4n) is 2.38. The summed E-state index contributed by atoms with van der Waals surface area (Å²) in [6, 6.07) is 0. The molecule has 0 aromatic carbocycles. The molecule has 2 rings (SSSR count). The van der Waals surface area contributed by atoms with Gasteiger partial charge in [-0.3, -0.25) is 24.1 Å². The fourth-order valence-corrected chi connectivity index (χ4v) is 2.38. The van der Waals surface area contributed by atoms with E-state index < -0.39 is 0 Å². The van der Waals surface area contributed by atoms with Crippen molar-refractivity contribution >= 4 is 23.5 Å². The lowest BCUT2D eigenvalue weighted by molar-refractivity contribution is -0.150. The molecular formula is C13H18N2O4. The highest BCUT2D eigenvalue weighted by atomic mass is 16.2. The van der Waals surface area contributed by atoms with Gasteiger partial charge in [0.15, 0.2) is 0 Å². The number of carbonyl (C=O) groups is 4. The van der Waals surface area contributed by atoms with Crippen molar-refractivity contribution in [2.24, 2.45) is 0 Å². The number of piperidine rings is 1. The van der Waals surface area contributed by atoms with Crippen molar-refractivity contribution in [2.75, 3.05) is 19.6 Å². The van der Waals surface area contributed by atoms with Crippen LogP contribution in [0.25, 0.3) is 0 Å². The molecule has 2 saturated heterocycles. The molecule has 6 heteroatoms. The van der Waals surface area contributed by atoms with Gasteiger partial charge in [-0.25, -0.2) is 0 Å².